The minimum atomic E-state index is -0.108. The lowest BCUT2D eigenvalue weighted by Gasteiger charge is -2.24. The summed E-state index contributed by atoms with van der Waals surface area (Å²) in [7, 11) is 3.17. The van der Waals surface area contributed by atoms with Gasteiger partial charge in [0.2, 0.25) is 0 Å². The Hall–Kier alpha value is -3.28. The molecule has 1 fully saturated rings. The molecule has 1 aliphatic heterocycles. The number of amides is 1. The van der Waals surface area contributed by atoms with E-state index in [1.165, 1.54) is 5.56 Å². The van der Waals surface area contributed by atoms with Crippen molar-refractivity contribution in [2.75, 3.05) is 20.8 Å². The summed E-state index contributed by atoms with van der Waals surface area (Å²) in [5.41, 5.74) is 3.45. The molecule has 150 valence electrons. The first kappa shape index (κ1) is 19.1. The number of carbonyl (C=O) groups is 1. The smallest absolute Gasteiger partial charge is 0.276 e. The van der Waals surface area contributed by atoms with Crippen LogP contribution in [0.3, 0.4) is 0 Å². The standard InChI is InChI=1S/C23H24N2O4/c1-15-6-8-16(9-7-15)19-5-4-12-25(19)23(26)18-14-21(29-24-18)17-10-11-20(27-2)22(13-17)28-3/h6-11,13-14,19H,4-5,12H2,1-3H3/t19-/m0/s1. The maximum absolute atomic E-state index is 13.1. The third-order valence-corrected chi connectivity index (χ3v) is 5.37. The number of ether oxygens (including phenoxy) is 2. The van der Waals surface area contributed by atoms with Crippen LogP contribution in [0.5, 0.6) is 11.5 Å². The highest BCUT2D eigenvalue weighted by Crippen LogP contribution is 2.35. The highest BCUT2D eigenvalue weighted by Gasteiger charge is 2.32. The third-order valence-electron chi connectivity index (χ3n) is 5.37. The molecule has 1 amide bonds. The number of benzene rings is 2. The van der Waals surface area contributed by atoms with Crippen molar-refractivity contribution in [1.82, 2.24) is 10.1 Å². The van der Waals surface area contributed by atoms with Crippen LogP contribution in [0.4, 0.5) is 0 Å². The summed E-state index contributed by atoms with van der Waals surface area (Å²) < 4.78 is 16.1. The highest BCUT2D eigenvalue weighted by molar-refractivity contribution is 5.93. The van der Waals surface area contributed by atoms with Gasteiger partial charge in [0, 0.05) is 18.2 Å². The molecule has 6 nitrogen and oxygen atoms in total. The zero-order chi connectivity index (χ0) is 20.4. The van der Waals surface area contributed by atoms with Crippen LogP contribution in [0.25, 0.3) is 11.3 Å². The summed E-state index contributed by atoms with van der Waals surface area (Å²) in [6, 6.07) is 15.6. The van der Waals surface area contributed by atoms with E-state index in [0.717, 1.165) is 30.5 Å². The number of rotatable bonds is 5. The van der Waals surface area contributed by atoms with E-state index >= 15 is 0 Å². The minimum absolute atomic E-state index is 0.0735. The molecule has 3 aromatic rings. The van der Waals surface area contributed by atoms with Crippen molar-refractivity contribution in [2.45, 2.75) is 25.8 Å². The Morgan fingerprint density at radius 2 is 1.83 bits per heavy atom. The number of carbonyl (C=O) groups excluding carboxylic acids is 1. The van der Waals surface area contributed by atoms with E-state index in [0.29, 0.717) is 23.0 Å². The summed E-state index contributed by atoms with van der Waals surface area (Å²) in [6.45, 7) is 2.78. The van der Waals surface area contributed by atoms with Crippen molar-refractivity contribution < 1.29 is 18.8 Å². The van der Waals surface area contributed by atoms with Crippen molar-refractivity contribution in [3.05, 3.63) is 65.4 Å². The minimum Gasteiger partial charge on any atom is -0.493 e. The molecule has 2 heterocycles. The first-order valence-corrected chi connectivity index (χ1v) is 9.67. The van der Waals surface area contributed by atoms with E-state index < -0.39 is 0 Å². The molecule has 1 aliphatic rings. The SMILES string of the molecule is COc1ccc(-c2cc(C(=O)N3CCC[C@H]3c3ccc(C)cc3)no2)cc1OC. The molecule has 0 bridgehead atoms. The summed E-state index contributed by atoms with van der Waals surface area (Å²) in [6.07, 6.45) is 1.93. The van der Waals surface area contributed by atoms with Gasteiger partial charge in [-0.05, 0) is 43.5 Å². The molecule has 0 radical (unpaired) electrons. The van der Waals surface area contributed by atoms with Gasteiger partial charge >= 0.3 is 0 Å². The fraction of sp³-hybridized carbons (Fsp3) is 0.304. The number of aromatic nitrogens is 1. The molecular formula is C23H24N2O4. The van der Waals surface area contributed by atoms with E-state index in [-0.39, 0.29) is 11.9 Å². The van der Waals surface area contributed by atoms with Crippen LogP contribution in [-0.2, 0) is 0 Å². The Bertz CT molecular complexity index is 1010. The predicted molar refractivity (Wildman–Crippen MR) is 109 cm³/mol. The van der Waals surface area contributed by atoms with Gasteiger partial charge in [-0.15, -0.1) is 0 Å². The molecular weight excluding hydrogens is 368 g/mol. The Labute approximate surface area is 170 Å². The predicted octanol–water partition coefficient (Wildman–Crippen LogP) is 4.64. The second-order valence-corrected chi connectivity index (χ2v) is 7.21. The molecule has 29 heavy (non-hydrogen) atoms. The fourth-order valence-electron chi connectivity index (χ4n) is 3.79. The Morgan fingerprint density at radius 1 is 1.07 bits per heavy atom. The molecule has 0 saturated carbocycles. The van der Waals surface area contributed by atoms with Gasteiger partial charge in [-0.3, -0.25) is 4.79 Å². The van der Waals surface area contributed by atoms with E-state index in [4.69, 9.17) is 14.0 Å². The van der Waals surface area contributed by atoms with Gasteiger partial charge in [0.1, 0.15) is 0 Å². The van der Waals surface area contributed by atoms with Crippen molar-refractivity contribution in [3.63, 3.8) is 0 Å². The van der Waals surface area contributed by atoms with Gasteiger partial charge < -0.3 is 18.9 Å². The third kappa shape index (κ3) is 3.70. The zero-order valence-electron chi connectivity index (χ0n) is 16.8. The summed E-state index contributed by atoms with van der Waals surface area (Å²) in [5, 5.41) is 4.04. The van der Waals surface area contributed by atoms with Crippen molar-refractivity contribution in [1.29, 1.82) is 0 Å². The summed E-state index contributed by atoms with van der Waals surface area (Å²) >= 11 is 0. The molecule has 0 spiro atoms. The van der Waals surface area contributed by atoms with Crippen molar-refractivity contribution in [3.8, 4) is 22.8 Å². The Kier molecular flexibility index (Phi) is 5.25. The molecule has 4 rings (SSSR count). The van der Waals surface area contributed by atoms with Crippen LogP contribution in [0.2, 0.25) is 0 Å². The Morgan fingerprint density at radius 3 is 2.55 bits per heavy atom. The van der Waals surface area contributed by atoms with Gasteiger partial charge in [0.25, 0.3) is 5.91 Å². The van der Waals surface area contributed by atoms with E-state index in [2.05, 4.69) is 36.3 Å². The van der Waals surface area contributed by atoms with Crippen molar-refractivity contribution >= 4 is 5.91 Å². The van der Waals surface area contributed by atoms with Crippen LogP contribution in [-0.4, -0.2) is 36.7 Å². The van der Waals surface area contributed by atoms with E-state index in [1.807, 2.05) is 11.0 Å². The maximum atomic E-state index is 13.1. The number of aryl methyl sites for hydroxylation is 1. The van der Waals surface area contributed by atoms with Gasteiger partial charge in [-0.2, -0.15) is 0 Å². The summed E-state index contributed by atoms with van der Waals surface area (Å²) in [5.74, 6) is 1.63. The van der Waals surface area contributed by atoms with Crippen LogP contribution in [0, 0.1) is 6.92 Å². The number of nitrogens with zero attached hydrogens (tertiary/aromatic N) is 2. The molecule has 1 aromatic heterocycles. The lowest BCUT2D eigenvalue weighted by Crippen LogP contribution is -2.30. The van der Waals surface area contributed by atoms with Gasteiger partial charge in [0.15, 0.2) is 23.0 Å². The lowest BCUT2D eigenvalue weighted by molar-refractivity contribution is 0.0725. The summed E-state index contributed by atoms with van der Waals surface area (Å²) in [4.78, 5) is 15.0. The molecule has 2 aromatic carbocycles. The average molecular weight is 392 g/mol. The fourth-order valence-corrected chi connectivity index (χ4v) is 3.79. The monoisotopic (exact) mass is 392 g/mol. The van der Waals surface area contributed by atoms with Gasteiger partial charge in [-0.1, -0.05) is 35.0 Å². The number of methoxy groups -OCH3 is 2. The van der Waals surface area contributed by atoms with E-state index in [1.54, 1.807) is 32.4 Å². The van der Waals surface area contributed by atoms with Crippen LogP contribution in [0.15, 0.2) is 53.1 Å². The zero-order valence-corrected chi connectivity index (χ0v) is 16.8. The molecule has 0 aliphatic carbocycles. The highest BCUT2D eigenvalue weighted by atomic mass is 16.5. The first-order chi connectivity index (χ1) is 14.1. The average Bonchev–Trinajstić information content (AvgIpc) is 3.43. The molecule has 1 atom stereocenters. The number of likely N-dealkylation sites (tertiary alicyclic amines) is 1. The van der Waals surface area contributed by atoms with Crippen LogP contribution >= 0.6 is 0 Å². The molecule has 6 heteroatoms. The van der Waals surface area contributed by atoms with Crippen LogP contribution in [0.1, 0.15) is 40.5 Å². The number of hydrogen-bond acceptors (Lipinski definition) is 5. The first-order valence-electron chi connectivity index (χ1n) is 9.67. The normalized spacial score (nSPS) is 16.1. The van der Waals surface area contributed by atoms with Crippen molar-refractivity contribution in [2.24, 2.45) is 0 Å². The second kappa shape index (κ2) is 7.99. The topological polar surface area (TPSA) is 64.8 Å². The quantitative estimate of drug-likeness (QED) is 0.633. The maximum Gasteiger partial charge on any atom is 0.276 e. The molecule has 1 saturated heterocycles. The Balaban J connectivity index is 1.57. The van der Waals surface area contributed by atoms with Crippen LogP contribution < -0.4 is 9.47 Å². The second-order valence-electron chi connectivity index (χ2n) is 7.21. The molecule has 0 N–H and O–H groups in total. The van der Waals surface area contributed by atoms with E-state index in [9.17, 15) is 4.79 Å². The van der Waals surface area contributed by atoms with Gasteiger partial charge in [-0.25, -0.2) is 0 Å². The molecule has 0 unspecified atom stereocenters. The lowest BCUT2D eigenvalue weighted by atomic mass is 10.0. The largest absolute Gasteiger partial charge is 0.493 e. The number of hydrogen-bond donors (Lipinski definition) is 0. The van der Waals surface area contributed by atoms with Gasteiger partial charge in [0.05, 0.1) is 20.3 Å².